The minimum absolute atomic E-state index is 0.0431. The molecule has 0 aromatic heterocycles. The van der Waals surface area contributed by atoms with Gasteiger partial charge < -0.3 is 14.7 Å². The number of anilines is 2. The third kappa shape index (κ3) is 3.22. The Morgan fingerprint density at radius 2 is 1.85 bits per heavy atom. The van der Waals surface area contributed by atoms with Gasteiger partial charge in [-0.2, -0.15) is 0 Å². The molecular weight excluding hydrogens is 359 g/mol. The van der Waals surface area contributed by atoms with Gasteiger partial charge in [-0.15, -0.1) is 0 Å². The zero-order valence-corrected chi connectivity index (χ0v) is 15.3. The molecule has 0 atom stereocenters. The van der Waals surface area contributed by atoms with Crippen molar-refractivity contribution in [1.29, 1.82) is 0 Å². The molecule has 0 radical (unpaired) electrons. The Morgan fingerprint density at radius 3 is 2.48 bits per heavy atom. The molecule has 4 rings (SSSR count). The molecule has 144 valence electrons. The maximum Gasteiger partial charge on any atom is 0.303 e. The molecule has 0 saturated carbocycles. The van der Waals surface area contributed by atoms with Crippen molar-refractivity contribution in [2.24, 2.45) is 0 Å². The summed E-state index contributed by atoms with van der Waals surface area (Å²) in [6, 6.07) is 4.51. The second-order valence-corrected chi connectivity index (χ2v) is 6.78. The molecular formula is C20H20F3NO3. The van der Waals surface area contributed by atoms with Crippen LogP contribution in [0.25, 0.3) is 11.1 Å². The fourth-order valence-electron chi connectivity index (χ4n) is 3.25. The highest BCUT2D eigenvalue weighted by atomic mass is 19.2. The third-order valence-corrected chi connectivity index (χ3v) is 4.41. The topological polar surface area (TPSA) is 49.8 Å². The van der Waals surface area contributed by atoms with E-state index in [0.717, 1.165) is 0 Å². The van der Waals surface area contributed by atoms with E-state index in [-0.39, 0.29) is 53.7 Å². The van der Waals surface area contributed by atoms with Gasteiger partial charge in [0, 0.05) is 18.5 Å². The number of rotatable bonds is 7. The number of hydrogen-bond acceptors (Lipinski definition) is 3. The van der Waals surface area contributed by atoms with E-state index in [1.165, 1.54) is 11.0 Å². The van der Waals surface area contributed by atoms with Crippen LogP contribution in [0.1, 0.15) is 32.3 Å². The Morgan fingerprint density at radius 1 is 1.15 bits per heavy atom. The van der Waals surface area contributed by atoms with Crippen molar-refractivity contribution in [3.05, 3.63) is 41.2 Å². The number of aliphatic carboxylic acids is 1. The first kappa shape index (κ1) is 19.1. The number of carbonyl (C=O) groups is 1. The van der Waals surface area contributed by atoms with Crippen LogP contribution in [0.15, 0.2) is 18.2 Å². The van der Waals surface area contributed by atoms with Crippen LogP contribution in [-0.2, 0) is 4.79 Å². The van der Waals surface area contributed by atoms with Gasteiger partial charge in [0.1, 0.15) is 11.5 Å². The maximum absolute atomic E-state index is 14.8. The lowest BCUT2D eigenvalue weighted by Crippen LogP contribution is -2.32. The number of nitrogens with zero attached hydrogens (tertiary/aromatic N) is 1. The first-order chi connectivity index (χ1) is 12.7. The van der Waals surface area contributed by atoms with Crippen LogP contribution in [0.2, 0.25) is 0 Å². The Hall–Kier alpha value is -2.70. The standard InChI is InChI=1S/C20H20F3NO3/c1-10(2)27-20-18-14(12-7-4-6-11(3)15(12)21)16(22)17(23)19(20)24(18)9-5-8-13(25)26/h4,6-7,10H,5,8-9H2,1-3H3,(H,25,26). The summed E-state index contributed by atoms with van der Waals surface area (Å²) in [6.07, 6.45) is -0.168. The molecule has 2 bridgehead atoms. The van der Waals surface area contributed by atoms with Crippen molar-refractivity contribution >= 4 is 17.3 Å². The number of fused-ring (bicyclic) bond motifs is 2. The second kappa shape index (κ2) is 7.13. The largest absolute Gasteiger partial charge is 0.486 e. The lowest BCUT2D eigenvalue weighted by Gasteiger charge is -2.40. The summed E-state index contributed by atoms with van der Waals surface area (Å²) in [4.78, 5) is 12.2. The SMILES string of the molecule is Cc1cccc(-c2c(F)c(F)c3c(OC(C)C)c2N3CCCC(=O)O)c1F. The molecule has 2 aliphatic rings. The Labute approximate surface area is 155 Å². The zero-order valence-electron chi connectivity index (χ0n) is 15.3. The van der Waals surface area contributed by atoms with Gasteiger partial charge in [0.15, 0.2) is 17.4 Å². The maximum atomic E-state index is 14.8. The van der Waals surface area contributed by atoms with Crippen molar-refractivity contribution in [3.8, 4) is 16.9 Å². The summed E-state index contributed by atoms with van der Waals surface area (Å²) in [5, 5.41) is 8.82. The molecule has 27 heavy (non-hydrogen) atoms. The van der Waals surface area contributed by atoms with Gasteiger partial charge in [0.05, 0.1) is 17.4 Å². The van der Waals surface area contributed by atoms with Gasteiger partial charge in [0.2, 0.25) is 0 Å². The molecule has 0 aliphatic carbocycles. The summed E-state index contributed by atoms with van der Waals surface area (Å²) in [7, 11) is 0. The normalized spacial score (nSPS) is 12.3. The summed E-state index contributed by atoms with van der Waals surface area (Å²) in [5.74, 6) is -3.68. The average molecular weight is 379 g/mol. The molecule has 2 aliphatic heterocycles. The Bertz CT molecular complexity index is 912. The fourth-order valence-corrected chi connectivity index (χ4v) is 3.25. The van der Waals surface area contributed by atoms with Crippen molar-refractivity contribution < 1.29 is 27.8 Å². The highest BCUT2D eigenvalue weighted by Gasteiger charge is 2.42. The predicted octanol–water partition coefficient (Wildman–Crippen LogP) is 5.18. The van der Waals surface area contributed by atoms with E-state index in [0.29, 0.717) is 5.56 Å². The van der Waals surface area contributed by atoms with Gasteiger partial charge in [-0.05, 0) is 32.8 Å². The first-order valence-corrected chi connectivity index (χ1v) is 8.70. The number of hydrogen-bond donors (Lipinski definition) is 1. The summed E-state index contributed by atoms with van der Waals surface area (Å²) in [5.41, 5.74) is 0.275. The van der Waals surface area contributed by atoms with E-state index >= 15 is 0 Å². The number of carboxylic acid groups (broad SMARTS) is 1. The number of benzene rings is 2. The van der Waals surface area contributed by atoms with Crippen LogP contribution in [0, 0.1) is 24.4 Å². The van der Waals surface area contributed by atoms with E-state index in [2.05, 4.69) is 0 Å². The molecule has 0 fully saturated rings. The number of ether oxygens (including phenoxy) is 1. The molecule has 0 spiro atoms. The molecule has 2 aromatic rings. The number of halogens is 3. The van der Waals surface area contributed by atoms with Crippen molar-refractivity contribution in [3.63, 3.8) is 0 Å². The highest BCUT2D eigenvalue weighted by Crippen LogP contribution is 2.59. The van der Waals surface area contributed by atoms with E-state index in [1.807, 2.05) is 0 Å². The first-order valence-electron chi connectivity index (χ1n) is 8.70. The van der Waals surface area contributed by atoms with Crippen LogP contribution >= 0.6 is 0 Å². The van der Waals surface area contributed by atoms with Gasteiger partial charge in [0.25, 0.3) is 0 Å². The molecule has 2 heterocycles. The van der Waals surface area contributed by atoms with Gasteiger partial charge in [-0.1, -0.05) is 18.2 Å². The van der Waals surface area contributed by atoms with Crippen LogP contribution < -0.4 is 9.64 Å². The Kier molecular flexibility index (Phi) is 5.04. The lowest BCUT2D eigenvalue weighted by atomic mass is 9.92. The molecule has 2 aromatic carbocycles. The molecule has 0 unspecified atom stereocenters. The van der Waals surface area contributed by atoms with E-state index in [4.69, 9.17) is 9.84 Å². The summed E-state index contributed by atoms with van der Waals surface area (Å²) < 4.78 is 49.8. The van der Waals surface area contributed by atoms with Gasteiger partial charge in [-0.3, -0.25) is 4.79 Å². The monoisotopic (exact) mass is 379 g/mol. The zero-order chi connectivity index (χ0) is 19.9. The van der Waals surface area contributed by atoms with Crippen molar-refractivity contribution in [1.82, 2.24) is 0 Å². The quantitative estimate of drug-likeness (QED) is 0.720. The van der Waals surface area contributed by atoms with E-state index < -0.39 is 23.4 Å². The van der Waals surface area contributed by atoms with Crippen LogP contribution in [0.5, 0.6) is 5.75 Å². The van der Waals surface area contributed by atoms with Gasteiger partial charge in [-0.25, -0.2) is 13.2 Å². The molecule has 0 amide bonds. The van der Waals surface area contributed by atoms with E-state index in [9.17, 15) is 18.0 Å². The highest BCUT2D eigenvalue weighted by molar-refractivity contribution is 6.00. The second-order valence-electron chi connectivity index (χ2n) is 6.78. The molecule has 7 heteroatoms. The predicted molar refractivity (Wildman–Crippen MR) is 96.1 cm³/mol. The number of carboxylic acids is 1. The van der Waals surface area contributed by atoms with E-state index in [1.54, 1.807) is 32.9 Å². The van der Waals surface area contributed by atoms with Gasteiger partial charge >= 0.3 is 5.97 Å². The van der Waals surface area contributed by atoms with Crippen LogP contribution in [0.3, 0.4) is 0 Å². The molecule has 1 N–H and O–H groups in total. The summed E-state index contributed by atoms with van der Waals surface area (Å²) >= 11 is 0. The summed E-state index contributed by atoms with van der Waals surface area (Å²) in [6.45, 7) is 5.21. The fraction of sp³-hybridized carbons (Fsp3) is 0.350. The van der Waals surface area contributed by atoms with Crippen LogP contribution in [0.4, 0.5) is 24.5 Å². The minimum atomic E-state index is -1.13. The third-order valence-electron chi connectivity index (χ3n) is 4.41. The lowest BCUT2D eigenvalue weighted by molar-refractivity contribution is -0.137. The molecule has 0 saturated heterocycles. The smallest absolute Gasteiger partial charge is 0.303 e. The Balaban J connectivity index is 2.14. The average Bonchev–Trinajstić information content (AvgIpc) is 2.58. The number of aryl methyl sites for hydroxylation is 1. The molecule has 4 nitrogen and oxygen atoms in total. The van der Waals surface area contributed by atoms with Crippen molar-refractivity contribution in [2.75, 3.05) is 11.4 Å². The van der Waals surface area contributed by atoms with Crippen molar-refractivity contribution in [2.45, 2.75) is 39.7 Å². The minimum Gasteiger partial charge on any atom is -0.486 e. The van der Waals surface area contributed by atoms with Crippen LogP contribution in [-0.4, -0.2) is 23.7 Å².